The first-order chi connectivity index (χ1) is 8.80. The molecule has 0 radical (unpaired) electrons. The predicted molar refractivity (Wildman–Crippen MR) is 71.6 cm³/mol. The second kappa shape index (κ2) is 6.34. The highest BCUT2D eigenvalue weighted by Gasteiger charge is 2.24. The van der Waals surface area contributed by atoms with E-state index in [2.05, 4.69) is 44.7 Å². The van der Waals surface area contributed by atoms with Crippen LogP contribution in [0.4, 0.5) is 0 Å². The molecule has 1 heterocycles. The van der Waals surface area contributed by atoms with Gasteiger partial charge >= 0.3 is 6.15 Å². The van der Waals surface area contributed by atoms with Gasteiger partial charge in [0.2, 0.25) is 0 Å². The van der Waals surface area contributed by atoms with Gasteiger partial charge in [0.15, 0.2) is 0 Å². The van der Waals surface area contributed by atoms with E-state index < -0.39 is 6.15 Å². The van der Waals surface area contributed by atoms with Crippen LogP contribution in [0.2, 0.25) is 0 Å². The predicted octanol–water partition coefficient (Wildman–Crippen LogP) is 1.15. The maximum Gasteiger partial charge on any atom is 0.383 e. The van der Waals surface area contributed by atoms with Crippen LogP contribution in [0.25, 0.3) is 0 Å². The van der Waals surface area contributed by atoms with E-state index >= 15 is 0 Å². The number of hydrogen-bond donors (Lipinski definition) is 0. The minimum Gasteiger partial charge on any atom is -0.357 e. The maximum atomic E-state index is 8.09. The Labute approximate surface area is 114 Å². The lowest BCUT2D eigenvalue weighted by Crippen LogP contribution is -2.32. The zero-order valence-corrected chi connectivity index (χ0v) is 11.8. The Morgan fingerprint density at radius 2 is 1.11 bits per heavy atom. The van der Waals surface area contributed by atoms with Gasteiger partial charge in [-0.2, -0.15) is 0 Å². The highest BCUT2D eigenvalue weighted by molar-refractivity contribution is 7.05. The quantitative estimate of drug-likeness (QED) is 0.601. The first kappa shape index (κ1) is 16.4. The van der Waals surface area contributed by atoms with Crippen LogP contribution in [-0.4, -0.2) is 36.2 Å². The van der Waals surface area contributed by atoms with Crippen molar-refractivity contribution in [2.24, 2.45) is 0 Å². The van der Waals surface area contributed by atoms with Gasteiger partial charge in [0, 0.05) is 25.5 Å². The second-order valence-electron chi connectivity index (χ2n) is 4.41. The Hall–Kier alpha value is -2.64. The third-order valence-corrected chi connectivity index (χ3v) is 3.48. The molecule has 0 spiro atoms. The first-order valence-electron chi connectivity index (χ1n) is 5.73. The van der Waals surface area contributed by atoms with Gasteiger partial charge in [0.05, 0.1) is 6.17 Å². The van der Waals surface area contributed by atoms with E-state index in [1.165, 1.54) is 35.3 Å². The van der Waals surface area contributed by atoms with Gasteiger partial charge < -0.3 is 9.80 Å². The molecule has 0 atom stereocenters. The Bertz CT molecular complexity index is 459. The summed E-state index contributed by atoms with van der Waals surface area (Å²) < 4.78 is 0. The summed E-state index contributed by atoms with van der Waals surface area (Å²) in [6.07, 6.45) is -2.19. The summed E-state index contributed by atoms with van der Waals surface area (Å²) in [5.74, 6) is 5.38. The molecule has 0 bridgehead atoms. The molecule has 0 unspecified atom stereocenters. The highest BCUT2D eigenvalue weighted by Crippen LogP contribution is 2.24. The standard InChI is InChI=1S/C8H16N2.C4BN4/c1-6-7(2)10(5)8(3)9(6)4;6-1-5(2-7,3-8)4-9/h8H,1-5H3;/q;-1. The van der Waals surface area contributed by atoms with Crippen molar-refractivity contribution in [1.82, 2.24) is 9.80 Å². The van der Waals surface area contributed by atoms with Gasteiger partial charge in [-0.1, -0.05) is 0 Å². The van der Waals surface area contributed by atoms with Crippen LogP contribution in [0.5, 0.6) is 0 Å². The molecule has 1 rings (SSSR count). The molecule has 1 aliphatic rings. The molecule has 98 valence electrons. The fourth-order valence-electron chi connectivity index (χ4n) is 1.50. The fraction of sp³-hybridized carbons (Fsp3) is 0.500. The minimum absolute atomic E-state index is 0.528. The average molecular weight is 255 g/mol. The van der Waals surface area contributed by atoms with E-state index in [0.717, 1.165) is 0 Å². The van der Waals surface area contributed by atoms with Gasteiger partial charge in [0.1, 0.15) is 0 Å². The highest BCUT2D eigenvalue weighted by atomic mass is 15.4. The Morgan fingerprint density at radius 3 is 1.16 bits per heavy atom. The van der Waals surface area contributed by atoms with Crippen LogP contribution in [-0.2, 0) is 0 Å². The Kier molecular flexibility index (Phi) is 5.46. The van der Waals surface area contributed by atoms with Gasteiger partial charge in [-0.05, 0) is 20.8 Å². The fourth-order valence-corrected chi connectivity index (χ4v) is 1.50. The summed E-state index contributed by atoms with van der Waals surface area (Å²) in [7, 11) is 4.26. The van der Waals surface area contributed by atoms with Crippen LogP contribution < -0.4 is 0 Å². The Morgan fingerprint density at radius 1 is 0.842 bits per heavy atom. The van der Waals surface area contributed by atoms with Gasteiger partial charge in [-0.3, -0.25) is 0 Å². The minimum atomic E-state index is -2.72. The zero-order valence-electron chi connectivity index (χ0n) is 11.8. The van der Waals surface area contributed by atoms with Crippen molar-refractivity contribution >= 4 is 6.15 Å². The molecular weight excluding hydrogens is 239 g/mol. The molecule has 6 nitrogen and oxygen atoms in total. The molecule has 0 aliphatic carbocycles. The molecular formula is C12H16BN6-. The molecule has 0 amide bonds. The molecule has 0 N–H and O–H groups in total. The smallest absolute Gasteiger partial charge is 0.357 e. The third-order valence-electron chi connectivity index (χ3n) is 3.48. The molecule has 0 aromatic heterocycles. The number of nitriles is 4. The Balaban J connectivity index is 0.000000344. The van der Waals surface area contributed by atoms with E-state index in [9.17, 15) is 0 Å². The van der Waals surface area contributed by atoms with Crippen LogP contribution in [0, 0.1) is 44.9 Å². The van der Waals surface area contributed by atoms with Crippen LogP contribution in [0.1, 0.15) is 20.8 Å². The summed E-state index contributed by atoms with van der Waals surface area (Å²) in [5.41, 5.74) is 2.77. The second-order valence-corrected chi connectivity index (χ2v) is 4.41. The number of allylic oxidation sites excluding steroid dienone is 2. The molecule has 0 aromatic rings. The van der Waals surface area contributed by atoms with E-state index in [-0.39, 0.29) is 0 Å². The number of nitrogens with zero attached hydrogens (tertiary/aromatic N) is 6. The summed E-state index contributed by atoms with van der Waals surface area (Å²) >= 11 is 0. The van der Waals surface area contributed by atoms with Crippen LogP contribution in [0.3, 0.4) is 0 Å². The maximum absolute atomic E-state index is 8.09. The lowest BCUT2D eigenvalue weighted by molar-refractivity contribution is 0.209. The van der Waals surface area contributed by atoms with Crippen LogP contribution >= 0.6 is 0 Å². The summed E-state index contributed by atoms with van der Waals surface area (Å²) in [6, 6.07) is 0. The van der Waals surface area contributed by atoms with Crippen molar-refractivity contribution in [3.05, 3.63) is 11.4 Å². The lowest BCUT2D eigenvalue weighted by atomic mass is 9.30. The van der Waals surface area contributed by atoms with Crippen LogP contribution in [0.15, 0.2) is 11.4 Å². The van der Waals surface area contributed by atoms with Crippen molar-refractivity contribution in [1.29, 1.82) is 21.0 Å². The van der Waals surface area contributed by atoms with E-state index in [4.69, 9.17) is 21.0 Å². The van der Waals surface area contributed by atoms with E-state index in [1.807, 2.05) is 0 Å². The monoisotopic (exact) mass is 255 g/mol. The first-order valence-corrected chi connectivity index (χ1v) is 5.73. The van der Waals surface area contributed by atoms with Crippen molar-refractivity contribution in [2.45, 2.75) is 26.9 Å². The molecule has 19 heavy (non-hydrogen) atoms. The van der Waals surface area contributed by atoms with Crippen molar-refractivity contribution in [3.63, 3.8) is 0 Å². The van der Waals surface area contributed by atoms with E-state index in [1.54, 1.807) is 0 Å². The number of rotatable bonds is 0. The summed E-state index contributed by atoms with van der Waals surface area (Å²) in [4.78, 5) is 4.57. The summed E-state index contributed by atoms with van der Waals surface area (Å²) in [5, 5.41) is 32.3. The molecule has 1 aliphatic heterocycles. The molecule has 0 saturated heterocycles. The summed E-state index contributed by atoms with van der Waals surface area (Å²) in [6.45, 7) is 6.53. The lowest BCUT2D eigenvalue weighted by Gasteiger charge is -2.25. The number of hydrogen-bond acceptors (Lipinski definition) is 6. The average Bonchev–Trinajstić information content (AvgIpc) is 2.61. The normalized spacial score (nSPS) is 14.8. The van der Waals surface area contributed by atoms with Crippen molar-refractivity contribution < 1.29 is 0 Å². The third kappa shape index (κ3) is 3.18. The van der Waals surface area contributed by atoms with Gasteiger partial charge in [-0.25, -0.2) is 21.0 Å². The molecule has 0 aromatic carbocycles. The van der Waals surface area contributed by atoms with Gasteiger partial charge in [0.25, 0.3) is 0 Å². The molecule has 0 saturated carbocycles. The SMILES string of the molecule is CC1=C(C)N(C)C(C)N1C.N#C[B-](C#N)(C#N)C#N. The van der Waals surface area contributed by atoms with Crippen molar-refractivity contribution in [3.8, 4) is 23.9 Å². The topological polar surface area (TPSA) is 102 Å². The largest absolute Gasteiger partial charge is 0.383 e. The van der Waals surface area contributed by atoms with Gasteiger partial charge in [-0.15, -0.1) is 23.9 Å². The van der Waals surface area contributed by atoms with E-state index in [0.29, 0.717) is 6.17 Å². The molecule has 7 heteroatoms. The zero-order chi connectivity index (χ0) is 15.2. The van der Waals surface area contributed by atoms with Crippen molar-refractivity contribution in [2.75, 3.05) is 14.1 Å². The molecule has 0 fully saturated rings.